The van der Waals surface area contributed by atoms with Gasteiger partial charge in [-0.2, -0.15) is 0 Å². The molecule has 0 aromatic rings. The molecule has 2 N–H and O–H groups in total. The van der Waals surface area contributed by atoms with Crippen LogP contribution in [0.3, 0.4) is 0 Å². The van der Waals surface area contributed by atoms with Crippen LogP contribution in [0.25, 0.3) is 0 Å². The van der Waals surface area contributed by atoms with Crippen molar-refractivity contribution in [1.29, 1.82) is 0 Å². The first kappa shape index (κ1) is 10.3. The predicted octanol–water partition coefficient (Wildman–Crippen LogP) is 0.483. The zero-order chi connectivity index (χ0) is 9.68. The largest absolute Gasteiger partial charge is 0.330 e. The fourth-order valence-electron chi connectivity index (χ4n) is 1.57. The molecule has 1 heterocycles. The third-order valence-corrected chi connectivity index (χ3v) is 2.40. The molecule has 1 fully saturated rings. The molecule has 4 nitrogen and oxygen atoms in total. The first-order chi connectivity index (χ1) is 6.25. The van der Waals surface area contributed by atoms with Gasteiger partial charge in [0.1, 0.15) is 0 Å². The summed E-state index contributed by atoms with van der Waals surface area (Å²) < 4.78 is 0. The molecule has 2 amide bonds. The first-order valence-electron chi connectivity index (χ1n) is 4.96. The highest BCUT2D eigenvalue weighted by Gasteiger charge is 2.20. The number of hydrogen-bond donors (Lipinski definition) is 1. The highest BCUT2D eigenvalue weighted by molar-refractivity contribution is 5.74. The number of hydrogen-bond acceptors (Lipinski definition) is 2. The molecule has 0 aromatic heterocycles. The van der Waals surface area contributed by atoms with Crippen molar-refractivity contribution in [2.24, 2.45) is 5.73 Å². The maximum absolute atomic E-state index is 11.7. The highest BCUT2D eigenvalue weighted by atomic mass is 16.2. The van der Waals surface area contributed by atoms with E-state index in [9.17, 15) is 4.79 Å². The van der Waals surface area contributed by atoms with Crippen LogP contribution in [0.4, 0.5) is 4.79 Å². The Morgan fingerprint density at radius 1 is 1.46 bits per heavy atom. The van der Waals surface area contributed by atoms with Gasteiger partial charge in [-0.1, -0.05) is 0 Å². The molecule has 13 heavy (non-hydrogen) atoms. The van der Waals surface area contributed by atoms with Crippen LogP contribution < -0.4 is 5.73 Å². The lowest BCUT2D eigenvalue weighted by Crippen LogP contribution is -2.40. The van der Waals surface area contributed by atoms with E-state index in [1.807, 2.05) is 11.9 Å². The predicted molar refractivity (Wildman–Crippen MR) is 52.5 cm³/mol. The maximum atomic E-state index is 11.7. The molecule has 0 spiro atoms. The molecule has 76 valence electrons. The Kier molecular flexibility index (Phi) is 4.02. The van der Waals surface area contributed by atoms with E-state index in [1.165, 1.54) is 0 Å². The Labute approximate surface area is 79.7 Å². The third kappa shape index (κ3) is 2.88. The molecule has 0 bridgehead atoms. The third-order valence-electron chi connectivity index (χ3n) is 2.40. The van der Waals surface area contributed by atoms with Gasteiger partial charge < -0.3 is 15.5 Å². The minimum absolute atomic E-state index is 0.158. The van der Waals surface area contributed by atoms with E-state index in [0.717, 1.165) is 38.9 Å². The summed E-state index contributed by atoms with van der Waals surface area (Å²) in [6.45, 7) is 3.26. The van der Waals surface area contributed by atoms with Gasteiger partial charge in [0.2, 0.25) is 0 Å². The van der Waals surface area contributed by atoms with Crippen LogP contribution in [0.2, 0.25) is 0 Å². The van der Waals surface area contributed by atoms with Gasteiger partial charge in [-0.3, -0.25) is 0 Å². The van der Waals surface area contributed by atoms with Crippen molar-refractivity contribution in [2.75, 3.05) is 33.2 Å². The zero-order valence-corrected chi connectivity index (χ0v) is 8.33. The van der Waals surface area contributed by atoms with Crippen molar-refractivity contribution in [3.8, 4) is 0 Å². The fraction of sp³-hybridized carbons (Fsp3) is 0.889. The van der Waals surface area contributed by atoms with E-state index in [4.69, 9.17) is 5.73 Å². The number of urea groups is 1. The van der Waals surface area contributed by atoms with Gasteiger partial charge in [0.15, 0.2) is 0 Å². The molecule has 1 aliphatic rings. The van der Waals surface area contributed by atoms with Crippen molar-refractivity contribution >= 4 is 6.03 Å². The quantitative estimate of drug-likeness (QED) is 0.695. The Balaban J connectivity index is 2.28. The molecular weight excluding hydrogens is 166 g/mol. The molecule has 0 unspecified atom stereocenters. The molecule has 1 aliphatic heterocycles. The van der Waals surface area contributed by atoms with E-state index < -0.39 is 0 Å². The number of nitrogens with two attached hydrogens (primary N) is 1. The van der Waals surface area contributed by atoms with Crippen LogP contribution in [0, 0.1) is 0 Å². The molecular formula is C9H19N3O. The summed E-state index contributed by atoms with van der Waals surface area (Å²) >= 11 is 0. The first-order valence-corrected chi connectivity index (χ1v) is 4.96. The number of amides is 2. The van der Waals surface area contributed by atoms with Crippen molar-refractivity contribution in [3.63, 3.8) is 0 Å². The van der Waals surface area contributed by atoms with Crippen molar-refractivity contribution in [3.05, 3.63) is 0 Å². The van der Waals surface area contributed by atoms with E-state index >= 15 is 0 Å². The fourth-order valence-corrected chi connectivity index (χ4v) is 1.57. The summed E-state index contributed by atoms with van der Waals surface area (Å²) in [4.78, 5) is 15.3. The molecule has 0 radical (unpaired) electrons. The Hall–Kier alpha value is -0.770. The van der Waals surface area contributed by atoms with Crippen LogP contribution in [-0.4, -0.2) is 49.1 Å². The van der Waals surface area contributed by atoms with Crippen LogP contribution in [0.1, 0.15) is 19.3 Å². The van der Waals surface area contributed by atoms with Crippen LogP contribution in [0.5, 0.6) is 0 Å². The Morgan fingerprint density at radius 3 is 2.62 bits per heavy atom. The molecule has 0 aromatic carbocycles. The van der Waals surface area contributed by atoms with E-state index in [1.54, 1.807) is 4.90 Å². The molecule has 1 rings (SSSR count). The average Bonchev–Trinajstić information content (AvgIpc) is 2.65. The number of likely N-dealkylation sites (tertiary alicyclic amines) is 1. The second-order valence-electron chi connectivity index (χ2n) is 3.54. The SMILES string of the molecule is CN(CCCN)C(=O)N1CCCC1. The summed E-state index contributed by atoms with van der Waals surface area (Å²) in [5, 5.41) is 0. The van der Waals surface area contributed by atoms with Gasteiger partial charge >= 0.3 is 6.03 Å². The van der Waals surface area contributed by atoms with Gasteiger partial charge in [-0.25, -0.2) is 4.79 Å². The van der Waals surface area contributed by atoms with Gasteiger partial charge in [0, 0.05) is 26.7 Å². The van der Waals surface area contributed by atoms with E-state index in [-0.39, 0.29) is 6.03 Å². The molecule has 0 aliphatic carbocycles. The average molecular weight is 185 g/mol. The number of nitrogens with zero attached hydrogens (tertiary/aromatic N) is 2. The Bertz CT molecular complexity index is 166. The smallest absolute Gasteiger partial charge is 0.319 e. The maximum Gasteiger partial charge on any atom is 0.319 e. The summed E-state index contributed by atoms with van der Waals surface area (Å²) in [6.07, 6.45) is 3.18. The molecule has 0 atom stereocenters. The van der Waals surface area contributed by atoms with E-state index in [0.29, 0.717) is 6.54 Å². The summed E-state index contributed by atoms with van der Waals surface area (Å²) in [6, 6.07) is 0.158. The lowest BCUT2D eigenvalue weighted by molar-refractivity contribution is 0.173. The second kappa shape index (κ2) is 5.07. The Morgan fingerprint density at radius 2 is 2.08 bits per heavy atom. The molecule has 0 saturated carbocycles. The zero-order valence-electron chi connectivity index (χ0n) is 8.33. The standard InChI is InChI=1S/C9H19N3O/c1-11(6-4-5-10)9(13)12-7-2-3-8-12/h2-8,10H2,1H3. The second-order valence-corrected chi connectivity index (χ2v) is 3.54. The number of rotatable bonds is 3. The molecule has 4 heteroatoms. The van der Waals surface area contributed by atoms with Crippen molar-refractivity contribution in [1.82, 2.24) is 9.80 Å². The normalized spacial score (nSPS) is 16.3. The minimum Gasteiger partial charge on any atom is -0.330 e. The highest BCUT2D eigenvalue weighted by Crippen LogP contribution is 2.09. The van der Waals surface area contributed by atoms with Gasteiger partial charge in [-0.05, 0) is 25.8 Å². The minimum atomic E-state index is 0.158. The number of carbonyl (C=O) groups is 1. The monoisotopic (exact) mass is 185 g/mol. The van der Waals surface area contributed by atoms with Gasteiger partial charge in [-0.15, -0.1) is 0 Å². The summed E-state index contributed by atoms with van der Waals surface area (Å²) in [5.41, 5.74) is 5.38. The summed E-state index contributed by atoms with van der Waals surface area (Å²) in [5.74, 6) is 0. The van der Waals surface area contributed by atoms with Crippen molar-refractivity contribution < 1.29 is 4.79 Å². The number of carbonyl (C=O) groups excluding carboxylic acids is 1. The lowest BCUT2D eigenvalue weighted by Gasteiger charge is -2.23. The lowest BCUT2D eigenvalue weighted by atomic mass is 10.4. The van der Waals surface area contributed by atoms with Crippen LogP contribution >= 0.6 is 0 Å². The summed E-state index contributed by atoms with van der Waals surface area (Å²) in [7, 11) is 1.84. The van der Waals surface area contributed by atoms with Gasteiger partial charge in [0.05, 0.1) is 0 Å². The van der Waals surface area contributed by atoms with Crippen LogP contribution in [0.15, 0.2) is 0 Å². The van der Waals surface area contributed by atoms with Gasteiger partial charge in [0.25, 0.3) is 0 Å². The van der Waals surface area contributed by atoms with Crippen molar-refractivity contribution in [2.45, 2.75) is 19.3 Å². The van der Waals surface area contributed by atoms with Crippen LogP contribution in [-0.2, 0) is 0 Å². The van der Waals surface area contributed by atoms with E-state index in [2.05, 4.69) is 0 Å². The topological polar surface area (TPSA) is 49.6 Å². The molecule has 1 saturated heterocycles.